The second-order valence-electron chi connectivity index (χ2n) is 7.56. The van der Waals surface area contributed by atoms with Crippen LogP contribution in [0.3, 0.4) is 0 Å². The lowest BCUT2D eigenvalue weighted by Crippen LogP contribution is -2.57. The minimum Gasteiger partial charge on any atom is -0.494 e. The van der Waals surface area contributed by atoms with Crippen LogP contribution in [-0.2, 0) is 14.8 Å². The normalized spacial score (nSPS) is 20.9. The smallest absolute Gasteiger partial charge is 0.249 e. The summed E-state index contributed by atoms with van der Waals surface area (Å²) in [6.45, 7) is 8.13. The molecule has 0 spiro atoms. The largest absolute Gasteiger partial charge is 0.494 e. The van der Waals surface area contributed by atoms with Crippen LogP contribution in [-0.4, -0.2) is 32.2 Å². The number of carbonyl (C=O) groups is 1. The van der Waals surface area contributed by atoms with Crippen LogP contribution in [0.5, 0.6) is 5.75 Å². The van der Waals surface area contributed by atoms with Crippen molar-refractivity contribution in [3.05, 3.63) is 53.6 Å². The first-order chi connectivity index (χ1) is 13.7. The summed E-state index contributed by atoms with van der Waals surface area (Å²) in [5.74, 6) is 0.181. The molecule has 1 saturated heterocycles. The van der Waals surface area contributed by atoms with Crippen molar-refractivity contribution < 1.29 is 17.9 Å². The number of nitrogens with zero attached hydrogens (tertiary/aromatic N) is 1. The molecule has 0 bridgehead atoms. The average Bonchev–Trinajstić information content (AvgIpc) is 2.67. The molecular weight excluding hydrogens is 388 g/mol. The first-order valence-electron chi connectivity index (χ1n) is 9.83. The number of sulfonamides is 1. The molecule has 1 N–H and O–H groups in total. The Bertz CT molecular complexity index is 982. The molecular formula is C22H28N2O4S. The molecule has 3 rings (SSSR count). The van der Waals surface area contributed by atoms with Crippen molar-refractivity contribution in [3.8, 4) is 5.75 Å². The van der Waals surface area contributed by atoms with Gasteiger partial charge in [0.25, 0.3) is 0 Å². The average molecular weight is 417 g/mol. The first-order valence-corrected chi connectivity index (χ1v) is 11.3. The van der Waals surface area contributed by atoms with E-state index in [-0.39, 0.29) is 6.42 Å². The molecule has 0 radical (unpaired) electrons. The van der Waals surface area contributed by atoms with E-state index < -0.39 is 20.7 Å². The molecule has 1 aliphatic rings. The van der Waals surface area contributed by atoms with Crippen LogP contribution in [0.4, 0.5) is 11.4 Å². The van der Waals surface area contributed by atoms with Gasteiger partial charge in [-0.3, -0.25) is 9.10 Å². The number of amides is 1. The molecule has 2 aromatic rings. The monoisotopic (exact) mass is 416 g/mol. The maximum Gasteiger partial charge on any atom is 0.249 e. The summed E-state index contributed by atoms with van der Waals surface area (Å²) < 4.78 is 32.4. The quantitative estimate of drug-likeness (QED) is 0.798. The van der Waals surface area contributed by atoms with Crippen LogP contribution in [0.2, 0.25) is 0 Å². The van der Waals surface area contributed by atoms with E-state index in [0.29, 0.717) is 36.7 Å². The third kappa shape index (κ3) is 3.83. The Balaban J connectivity index is 1.90. The molecule has 1 amide bonds. The van der Waals surface area contributed by atoms with E-state index in [4.69, 9.17) is 4.74 Å². The number of carbonyl (C=O) groups excluding carboxylic acids is 1. The van der Waals surface area contributed by atoms with Crippen LogP contribution in [0, 0.1) is 13.8 Å². The lowest BCUT2D eigenvalue weighted by atomic mass is 10.0. The summed E-state index contributed by atoms with van der Waals surface area (Å²) in [5.41, 5.74) is 2.97. The van der Waals surface area contributed by atoms with Crippen LogP contribution in [0.25, 0.3) is 0 Å². The molecule has 1 atom stereocenters. The summed E-state index contributed by atoms with van der Waals surface area (Å²) in [5, 5.41) is 2.78. The van der Waals surface area contributed by atoms with E-state index in [1.54, 1.807) is 24.3 Å². The van der Waals surface area contributed by atoms with Gasteiger partial charge in [0.05, 0.1) is 12.3 Å². The third-order valence-electron chi connectivity index (χ3n) is 5.47. The second kappa shape index (κ2) is 8.06. The van der Waals surface area contributed by atoms with Gasteiger partial charge in [0.2, 0.25) is 15.9 Å². The highest BCUT2D eigenvalue weighted by atomic mass is 32.2. The van der Waals surface area contributed by atoms with Crippen LogP contribution >= 0.6 is 0 Å². The molecule has 7 heteroatoms. The van der Waals surface area contributed by atoms with Gasteiger partial charge in [0.15, 0.2) is 4.75 Å². The van der Waals surface area contributed by atoms with Gasteiger partial charge >= 0.3 is 0 Å². The Morgan fingerprint density at radius 3 is 2.34 bits per heavy atom. The number of hydrogen-bond acceptors (Lipinski definition) is 4. The Morgan fingerprint density at radius 2 is 1.76 bits per heavy atom. The van der Waals surface area contributed by atoms with Crippen molar-refractivity contribution in [1.82, 2.24) is 0 Å². The maximum absolute atomic E-state index is 13.6. The van der Waals surface area contributed by atoms with E-state index >= 15 is 0 Å². The Labute approximate surface area is 172 Å². The van der Waals surface area contributed by atoms with E-state index in [1.165, 1.54) is 11.2 Å². The van der Waals surface area contributed by atoms with Crippen molar-refractivity contribution in [2.45, 2.75) is 45.3 Å². The zero-order chi connectivity index (χ0) is 21.2. The molecule has 29 heavy (non-hydrogen) atoms. The fourth-order valence-corrected chi connectivity index (χ4v) is 5.85. The predicted molar refractivity (Wildman–Crippen MR) is 116 cm³/mol. The van der Waals surface area contributed by atoms with Crippen LogP contribution < -0.4 is 14.4 Å². The molecule has 0 aliphatic carbocycles. The Hall–Kier alpha value is -2.54. The minimum absolute atomic E-state index is 0.277. The van der Waals surface area contributed by atoms with Gasteiger partial charge in [-0.1, -0.05) is 18.2 Å². The molecule has 1 fully saturated rings. The van der Waals surface area contributed by atoms with E-state index in [1.807, 2.05) is 39.0 Å². The number of nitrogens with one attached hydrogen (secondary N) is 1. The number of aryl methyl sites for hydroxylation is 2. The second-order valence-corrected chi connectivity index (χ2v) is 9.86. The van der Waals surface area contributed by atoms with Gasteiger partial charge < -0.3 is 10.1 Å². The minimum atomic E-state index is -3.90. The van der Waals surface area contributed by atoms with Crippen LogP contribution in [0.1, 0.15) is 37.8 Å². The Kier molecular flexibility index (Phi) is 5.89. The fraction of sp³-hybridized carbons (Fsp3) is 0.409. The first kappa shape index (κ1) is 21.2. The van der Waals surface area contributed by atoms with Crippen LogP contribution in [0.15, 0.2) is 42.5 Å². The predicted octanol–water partition coefficient (Wildman–Crippen LogP) is 4.03. The molecule has 1 heterocycles. The fourth-order valence-electron chi connectivity index (χ4n) is 3.78. The highest BCUT2D eigenvalue weighted by Crippen LogP contribution is 2.38. The molecule has 6 nitrogen and oxygen atoms in total. The lowest BCUT2D eigenvalue weighted by Gasteiger charge is -2.40. The highest BCUT2D eigenvalue weighted by Gasteiger charge is 2.52. The molecule has 0 saturated carbocycles. The van der Waals surface area contributed by atoms with Gasteiger partial charge in [-0.25, -0.2) is 8.42 Å². The number of hydrogen-bond donors (Lipinski definition) is 1. The summed E-state index contributed by atoms with van der Waals surface area (Å²) in [4.78, 5) is 13.1. The number of rotatable bonds is 5. The topological polar surface area (TPSA) is 75.7 Å². The van der Waals surface area contributed by atoms with Gasteiger partial charge in [0, 0.05) is 12.2 Å². The lowest BCUT2D eigenvalue weighted by molar-refractivity contribution is -0.118. The number of ether oxygens (including phenoxy) is 1. The van der Waals surface area contributed by atoms with Crippen molar-refractivity contribution >= 4 is 27.3 Å². The van der Waals surface area contributed by atoms with Crippen molar-refractivity contribution in [2.24, 2.45) is 0 Å². The van der Waals surface area contributed by atoms with Crippen molar-refractivity contribution in [2.75, 3.05) is 22.8 Å². The van der Waals surface area contributed by atoms with Gasteiger partial charge in [-0.15, -0.1) is 0 Å². The van der Waals surface area contributed by atoms with E-state index in [0.717, 1.165) is 11.1 Å². The molecule has 1 aliphatic heterocycles. The zero-order valence-corrected chi connectivity index (χ0v) is 18.2. The number of benzene rings is 2. The third-order valence-corrected chi connectivity index (χ3v) is 7.94. The van der Waals surface area contributed by atoms with E-state index in [9.17, 15) is 13.2 Å². The summed E-state index contributed by atoms with van der Waals surface area (Å²) >= 11 is 0. The maximum atomic E-state index is 13.6. The van der Waals surface area contributed by atoms with Gasteiger partial charge in [0.1, 0.15) is 5.75 Å². The molecule has 156 valence electrons. The highest BCUT2D eigenvalue weighted by molar-refractivity contribution is 7.95. The van der Waals surface area contributed by atoms with E-state index in [2.05, 4.69) is 5.32 Å². The summed E-state index contributed by atoms with van der Waals surface area (Å²) in [6.07, 6.45) is 0.889. The van der Waals surface area contributed by atoms with Gasteiger partial charge in [-0.05, 0) is 75.9 Å². The van der Waals surface area contributed by atoms with Crippen molar-refractivity contribution in [3.63, 3.8) is 0 Å². The van der Waals surface area contributed by atoms with Crippen molar-refractivity contribution in [1.29, 1.82) is 0 Å². The summed E-state index contributed by atoms with van der Waals surface area (Å²) in [7, 11) is -3.90. The molecule has 0 aromatic heterocycles. The number of anilines is 2. The SMILES string of the molecule is CCOc1ccc(NC(=O)C2(C)CCCN(c3c(C)cccc3C)S2(=O)=O)cc1. The Morgan fingerprint density at radius 1 is 1.14 bits per heavy atom. The van der Waals surface area contributed by atoms with Gasteiger partial charge in [-0.2, -0.15) is 0 Å². The molecule has 2 aromatic carbocycles. The zero-order valence-electron chi connectivity index (χ0n) is 17.4. The summed E-state index contributed by atoms with van der Waals surface area (Å²) in [6, 6.07) is 12.6. The standard InChI is InChI=1S/C22H28N2O4S/c1-5-28-19-12-10-18(11-13-19)23-21(25)22(4)14-7-15-24(29(22,26)27)20-16(2)8-6-9-17(20)3/h6,8-13H,5,7,14-15H2,1-4H3,(H,23,25). The number of para-hydroxylation sites is 1. The molecule has 1 unspecified atom stereocenters.